The van der Waals surface area contributed by atoms with Gasteiger partial charge in [0, 0.05) is 17.0 Å². The zero-order chi connectivity index (χ0) is 15.9. The molecule has 4 nitrogen and oxygen atoms in total. The van der Waals surface area contributed by atoms with Gasteiger partial charge in [-0.3, -0.25) is 4.40 Å². The minimum absolute atomic E-state index is 0.174. The Morgan fingerprint density at radius 1 is 1.00 bits per heavy atom. The first-order valence-electron chi connectivity index (χ1n) is 7.48. The Hall–Kier alpha value is -2.49. The van der Waals surface area contributed by atoms with Crippen molar-refractivity contribution >= 4 is 11.3 Å². The van der Waals surface area contributed by atoms with Crippen LogP contribution in [0.5, 0.6) is 5.75 Å². The van der Waals surface area contributed by atoms with E-state index in [2.05, 4.69) is 11.3 Å². The molecule has 0 unspecified atom stereocenters. The van der Waals surface area contributed by atoms with Crippen LogP contribution in [0.25, 0.3) is 16.9 Å². The highest BCUT2D eigenvalue weighted by molar-refractivity contribution is 5.68. The molecule has 0 saturated carbocycles. The highest BCUT2D eigenvalue weighted by atomic mass is 16.5. The van der Waals surface area contributed by atoms with Crippen LogP contribution in [0.1, 0.15) is 25.2 Å². The lowest BCUT2D eigenvalue weighted by molar-refractivity contribution is 0.242. The lowest BCUT2D eigenvalue weighted by Crippen LogP contribution is -2.05. The van der Waals surface area contributed by atoms with Crippen molar-refractivity contribution in [3.8, 4) is 17.0 Å². The smallest absolute Gasteiger partial charge is 0.138 e. The number of fused-ring (bicyclic) bond motifs is 1. The molecular weight excluding hydrogens is 274 g/mol. The number of rotatable bonds is 3. The molecule has 114 valence electrons. The summed E-state index contributed by atoms with van der Waals surface area (Å²) in [5.41, 5.74) is 11.9. The van der Waals surface area contributed by atoms with Crippen molar-refractivity contribution < 1.29 is 4.74 Å². The van der Waals surface area contributed by atoms with Crippen LogP contribution in [0.4, 0.5) is 5.69 Å². The molecule has 0 aliphatic rings. The van der Waals surface area contributed by atoms with E-state index in [1.165, 1.54) is 0 Å². The van der Waals surface area contributed by atoms with Gasteiger partial charge in [0.2, 0.25) is 0 Å². The van der Waals surface area contributed by atoms with Gasteiger partial charge in [-0.15, -0.1) is 0 Å². The molecule has 0 bridgehead atoms. The lowest BCUT2D eigenvalue weighted by Gasteiger charge is -2.10. The minimum atomic E-state index is 0.174. The molecule has 1 aromatic carbocycles. The number of nitrogens with two attached hydrogens (primary N) is 1. The van der Waals surface area contributed by atoms with Gasteiger partial charge in [0.25, 0.3) is 0 Å². The summed E-state index contributed by atoms with van der Waals surface area (Å²) in [6, 6.07) is 11.9. The Kier molecular flexibility index (Phi) is 3.53. The van der Waals surface area contributed by atoms with Crippen LogP contribution >= 0.6 is 0 Å². The fourth-order valence-corrected chi connectivity index (χ4v) is 2.71. The monoisotopic (exact) mass is 295 g/mol. The van der Waals surface area contributed by atoms with E-state index in [1.54, 1.807) is 0 Å². The van der Waals surface area contributed by atoms with Gasteiger partial charge in [-0.1, -0.05) is 0 Å². The number of aryl methyl sites for hydroxylation is 2. The van der Waals surface area contributed by atoms with E-state index >= 15 is 0 Å². The maximum atomic E-state index is 6.00. The van der Waals surface area contributed by atoms with Crippen molar-refractivity contribution in [2.45, 2.75) is 33.8 Å². The molecule has 0 saturated heterocycles. The van der Waals surface area contributed by atoms with E-state index < -0.39 is 0 Å². The van der Waals surface area contributed by atoms with Crippen molar-refractivity contribution in [1.82, 2.24) is 9.38 Å². The van der Waals surface area contributed by atoms with Crippen LogP contribution in [0.3, 0.4) is 0 Å². The third kappa shape index (κ3) is 2.41. The van der Waals surface area contributed by atoms with Crippen LogP contribution in [-0.4, -0.2) is 15.5 Å². The average molecular weight is 295 g/mol. The second kappa shape index (κ2) is 5.37. The summed E-state index contributed by atoms with van der Waals surface area (Å²) in [7, 11) is 0. The molecule has 22 heavy (non-hydrogen) atoms. The minimum Gasteiger partial charge on any atom is -0.491 e. The van der Waals surface area contributed by atoms with E-state index in [4.69, 9.17) is 15.5 Å². The number of hydrogen-bond donors (Lipinski definition) is 1. The van der Waals surface area contributed by atoms with Gasteiger partial charge in [-0.25, -0.2) is 4.98 Å². The quantitative estimate of drug-likeness (QED) is 0.795. The molecule has 0 aliphatic carbocycles. The van der Waals surface area contributed by atoms with Crippen molar-refractivity contribution in [2.75, 3.05) is 5.73 Å². The van der Waals surface area contributed by atoms with E-state index in [0.717, 1.165) is 39.7 Å². The van der Waals surface area contributed by atoms with Crippen LogP contribution < -0.4 is 10.5 Å². The first-order valence-corrected chi connectivity index (χ1v) is 7.48. The third-order valence-corrected chi connectivity index (χ3v) is 3.80. The summed E-state index contributed by atoms with van der Waals surface area (Å²) < 4.78 is 7.79. The number of benzene rings is 1. The maximum absolute atomic E-state index is 6.00. The fraction of sp³-hybridized carbons (Fsp3) is 0.278. The Bertz CT molecular complexity index is 816. The number of anilines is 1. The predicted octanol–water partition coefficient (Wildman–Crippen LogP) is 3.99. The van der Waals surface area contributed by atoms with Gasteiger partial charge < -0.3 is 10.5 Å². The molecule has 0 amide bonds. The van der Waals surface area contributed by atoms with Crippen molar-refractivity contribution in [1.29, 1.82) is 0 Å². The third-order valence-electron chi connectivity index (χ3n) is 3.80. The molecule has 0 radical (unpaired) electrons. The van der Waals surface area contributed by atoms with Gasteiger partial charge >= 0.3 is 0 Å². The number of nitrogen functional groups attached to an aromatic ring is 1. The highest BCUT2D eigenvalue weighted by Crippen LogP contribution is 2.28. The van der Waals surface area contributed by atoms with Gasteiger partial charge in [-0.05, 0) is 64.1 Å². The molecular formula is C18H21N3O. The Balaban J connectivity index is 2.07. The van der Waals surface area contributed by atoms with Gasteiger partial charge in [0.15, 0.2) is 0 Å². The van der Waals surface area contributed by atoms with Gasteiger partial charge in [0.1, 0.15) is 11.4 Å². The second-order valence-electron chi connectivity index (χ2n) is 5.80. The zero-order valence-electron chi connectivity index (χ0n) is 13.4. The van der Waals surface area contributed by atoms with Crippen LogP contribution in [-0.2, 0) is 0 Å². The molecule has 2 heterocycles. The fourth-order valence-electron chi connectivity index (χ4n) is 2.71. The average Bonchev–Trinajstić information content (AvgIpc) is 2.81. The first kappa shape index (κ1) is 14.4. The number of ether oxygens (including phenoxy) is 1. The summed E-state index contributed by atoms with van der Waals surface area (Å²) in [6.07, 6.45) is 0.174. The molecule has 3 aromatic rings. The summed E-state index contributed by atoms with van der Waals surface area (Å²) in [4.78, 5) is 4.74. The van der Waals surface area contributed by atoms with Crippen LogP contribution in [0, 0.1) is 13.8 Å². The largest absolute Gasteiger partial charge is 0.491 e. The van der Waals surface area contributed by atoms with E-state index in [-0.39, 0.29) is 6.10 Å². The first-order chi connectivity index (χ1) is 10.5. The number of hydrogen-bond acceptors (Lipinski definition) is 3. The van der Waals surface area contributed by atoms with E-state index in [1.807, 2.05) is 57.2 Å². The van der Waals surface area contributed by atoms with Gasteiger partial charge in [0.05, 0.1) is 17.5 Å². The highest BCUT2D eigenvalue weighted by Gasteiger charge is 2.13. The van der Waals surface area contributed by atoms with E-state index in [9.17, 15) is 0 Å². The normalized spacial score (nSPS) is 11.3. The van der Waals surface area contributed by atoms with Crippen molar-refractivity contribution in [2.24, 2.45) is 0 Å². The van der Waals surface area contributed by atoms with E-state index in [0.29, 0.717) is 0 Å². The number of nitrogens with zero attached hydrogens (tertiary/aromatic N) is 2. The second-order valence-corrected chi connectivity index (χ2v) is 5.80. The maximum Gasteiger partial charge on any atom is 0.138 e. The molecule has 4 heteroatoms. The molecule has 0 fully saturated rings. The van der Waals surface area contributed by atoms with Crippen molar-refractivity contribution in [3.63, 3.8) is 0 Å². The lowest BCUT2D eigenvalue weighted by atomic mass is 10.1. The molecule has 0 spiro atoms. The molecule has 0 atom stereocenters. The number of pyridine rings is 1. The number of imidazole rings is 1. The van der Waals surface area contributed by atoms with Gasteiger partial charge in [-0.2, -0.15) is 0 Å². The number of aromatic nitrogens is 2. The Morgan fingerprint density at radius 2 is 1.68 bits per heavy atom. The molecule has 3 rings (SSSR count). The summed E-state index contributed by atoms with van der Waals surface area (Å²) in [6.45, 7) is 8.13. The summed E-state index contributed by atoms with van der Waals surface area (Å²) in [5, 5.41) is 0. The molecule has 2 N–H and O–H groups in total. The standard InChI is InChI=1S/C18H21N3O/c1-11(2)22-15-7-5-14(6-8-15)18-13(4)21-12(3)16(19)9-10-17(21)20-18/h5-11H,19H2,1-4H3. The Labute approximate surface area is 130 Å². The van der Waals surface area contributed by atoms with Crippen LogP contribution in [0.15, 0.2) is 36.4 Å². The molecule has 0 aliphatic heterocycles. The predicted molar refractivity (Wildman–Crippen MR) is 90.3 cm³/mol. The van der Waals surface area contributed by atoms with Crippen molar-refractivity contribution in [3.05, 3.63) is 47.8 Å². The molecule has 2 aromatic heterocycles. The Morgan fingerprint density at radius 3 is 2.32 bits per heavy atom. The zero-order valence-corrected chi connectivity index (χ0v) is 13.4. The topological polar surface area (TPSA) is 52.5 Å². The SMILES string of the molecule is Cc1c(N)ccc2nc(-c3ccc(OC(C)C)cc3)c(C)n12. The summed E-state index contributed by atoms with van der Waals surface area (Å²) >= 11 is 0. The summed E-state index contributed by atoms with van der Waals surface area (Å²) in [5.74, 6) is 0.876. The van der Waals surface area contributed by atoms with Crippen LogP contribution in [0.2, 0.25) is 0 Å².